The maximum absolute atomic E-state index is 14.9. The van der Waals surface area contributed by atoms with Gasteiger partial charge in [-0.3, -0.25) is 48.3 Å². The summed E-state index contributed by atoms with van der Waals surface area (Å²) >= 11 is 6.21. The first kappa shape index (κ1) is 57.7. The minimum Gasteiger partial charge on any atom is -0.508 e. The molecule has 1 aromatic heterocycles. The number of primary amides is 1. The number of aliphatic imine (C=N–C) groups is 1. The van der Waals surface area contributed by atoms with E-state index in [0.717, 1.165) is 16.3 Å². The molecule has 0 bridgehead atoms. The van der Waals surface area contributed by atoms with Crippen LogP contribution in [0.4, 0.5) is 0 Å². The smallest absolute Gasteiger partial charge is 0.245 e. The summed E-state index contributed by atoms with van der Waals surface area (Å²) in [4.78, 5) is 121. The summed E-state index contributed by atoms with van der Waals surface area (Å²) in [5.41, 5.74) is 18.7. The van der Waals surface area contributed by atoms with Crippen LogP contribution in [-0.4, -0.2) is 124 Å². The molecular weight excluding hydrogens is 1010 g/mol. The van der Waals surface area contributed by atoms with Crippen molar-refractivity contribution in [3.8, 4) is 5.75 Å². The molecule has 8 amide bonds. The molecule has 0 unspecified atom stereocenters. The molecule has 0 spiro atoms. The van der Waals surface area contributed by atoms with E-state index in [9.17, 15) is 43.5 Å². The van der Waals surface area contributed by atoms with E-state index < -0.39 is 89.6 Å². The summed E-state index contributed by atoms with van der Waals surface area (Å²) in [5.74, 6) is -5.86. The van der Waals surface area contributed by atoms with Crippen LogP contribution in [0, 0.1) is 0 Å². The first-order valence-corrected chi connectivity index (χ1v) is 25.5. The minimum atomic E-state index is -1.44. The Hall–Kier alpha value is -8.59. The summed E-state index contributed by atoms with van der Waals surface area (Å²) in [7, 11) is 0. The number of nitrogens with zero attached hydrogens (tertiary/aromatic N) is 3. The lowest BCUT2D eigenvalue weighted by Gasteiger charge is -2.30. The molecule has 1 saturated heterocycles. The van der Waals surface area contributed by atoms with Crippen molar-refractivity contribution in [2.45, 2.75) is 108 Å². The van der Waals surface area contributed by atoms with Gasteiger partial charge in [0.2, 0.25) is 47.3 Å². The molecule has 1 aliphatic heterocycles. The maximum Gasteiger partial charge on any atom is 0.245 e. The number of guanidine groups is 1. The zero-order chi connectivity index (χ0) is 55.6. The number of rotatable bonds is 25. The highest BCUT2D eigenvalue weighted by Crippen LogP contribution is 2.22. The number of phenolic OH excluding ortho intramolecular Hbond substituents is 1. The normalized spacial score (nSPS) is 15.3. The first-order valence-electron chi connectivity index (χ1n) is 25.2. The van der Waals surface area contributed by atoms with Gasteiger partial charge in [0.1, 0.15) is 48.0 Å². The number of aromatic hydroxyl groups is 1. The van der Waals surface area contributed by atoms with Crippen molar-refractivity contribution in [3.63, 3.8) is 0 Å². The molecule has 2 heterocycles. The van der Waals surface area contributed by atoms with E-state index in [0.29, 0.717) is 28.3 Å². The highest BCUT2D eigenvalue weighted by molar-refractivity contribution is 6.30. The highest BCUT2D eigenvalue weighted by Gasteiger charge is 2.39. The quantitative estimate of drug-likeness (QED) is 0.0225. The number of hydrogen-bond acceptors (Lipinski definition) is 11. The lowest BCUT2D eigenvalue weighted by atomic mass is 9.99. The fourth-order valence-electron chi connectivity index (χ4n) is 8.87. The zero-order valence-electron chi connectivity index (χ0n) is 42.7. The maximum atomic E-state index is 14.9. The number of aromatic nitrogens is 1. The largest absolute Gasteiger partial charge is 0.508 e. The van der Waals surface area contributed by atoms with Crippen LogP contribution in [0.2, 0.25) is 5.02 Å². The number of likely N-dealkylation sites (tertiary alicyclic amines) is 1. The Morgan fingerprint density at radius 2 is 1.19 bits per heavy atom. The lowest BCUT2D eigenvalue weighted by Crippen LogP contribution is -2.61. The summed E-state index contributed by atoms with van der Waals surface area (Å²) < 4.78 is 0. The number of hydrogen-bond donors (Lipinski definition) is 10. The Kier molecular flexibility index (Phi) is 20.8. The molecular formula is C55H65ClN12O9. The van der Waals surface area contributed by atoms with E-state index in [1.54, 1.807) is 54.6 Å². The molecule has 0 saturated carbocycles. The van der Waals surface area contributed by atoms with Crippen LogP contribution in [-0.2, 0) is 64.0 Å². The average Bonchev–Trinajstić information content (AvgIpc) is 3.90. The third-order valence-corrected chi connectivity index (χ3v) is 13.2. The van der Waals surface area contributed by atoms with Gasteiger partial charge in [0.05, 0.1) is 0 Å². The molecule has 406 valence electrons. The van der Waals surface area contributed by atoms with Crippen molar-refractivity contribution >= 4 is 75.6 Å². The van der Waals surface area contributed by atoms with Crippen LogP contribution >= 0.6 is 11.6 Å². The van der Waals surface area contributed by atoms with Crippen molar-refractivity contribution in [2.75, 3.05) is 13.1 Å². The Morgan fingerprint density at radius 1 is 0.662 bits per heavy atom. The molecule has 5 aromatic rings. The van der Waals surface area contributed by atoms with Crippen LogP contribution in [0.1, 0.15) is 61.9 Å². The monoisotopic (exact) mass is 1070 g/mol. The van der Waals surface area contributed by atoms with Gasteiger partial charge in [-0.2, -0.15) is 0 Å². The number of phenols is 1. The molecule has 0 aliphatic carbocycles. The van der Waals surface area contributed by atoms with E-state index >= 15 is 0 Å². The van der Waals surface area contributed by atoms with Crippen LogP contribution in [0.3, 0.4) is 0 Å². The molecule has 0 radical (unpaired) electrons. The molecule has 6 rings (SSSR count). The number of carbonyl (C=O) groups excluding carboxylic acids is 8. The Balaban J connectivity index is 1.29. The predicted octanol–water partition coefficient (Wildman–Crippen LogP) is 1.34. The van der Waals surface area contributed by atoms with Gasteiger partial charge in [0, 0.05) is 62.6 Å². The van der Waals surface area contributed by atoms with Crippen molar-refractivity contribution in [2.24, 2.45) is 22.2 Å². The second-order valence-electron chi connectivity index (χ2n) is 18.9. The van der Waals surface area contributed by atoms with Crippen LogP contribution in [0.15, 0.2) is 120 Å². The van der Waals surface area contributed by atoms with E-state index in [4.69, 9.17) is 28.8 Å². The summed E-state index contributed by atoms with van der Waals surface area (Å²) in [5, 5.41) is 28.9. The van der Waals surface area contributed by atoms with Gasteiger partial charge in [-0.05, 0) is 96.5 Å². The topological polar surface area (TPSA) is 336 Å². The number of nitrogens with two attached hydrogens (primary N) is 3. The number of pyridine rings is 1. The van der Waals surface area contributed by atoms with Crippen molar-refractivity contribution in [1.29, 1.82) is 0 Å². The third-order valence-electron chi connectivity index (χ3n) is 12.9. The van der Waals surface area contributed by atoms with Crippen LogP contribution in [0.25, 0.3) is 10.8 Å². The fourth-order valence-corrected chi connectivity index (χ4v) is 9.00. The number of halogens is 1. The second kappa shape index (κ2) is 27.8. The molecule has 1 aliphatic rings. The Morgan fingerprint density at radius 3 is 1.77 bits per heavy atom. The minimum absolute atomic E-state index is 0.00606. The molecule has 77 heavy (non-hydrogen) atoms. The fraction of sp³-hybridized carbons (Fsp3) is 0.345. The van der Waals surface area contributed by atoms with Crippen LogP contribution < -0.4 is 49.1 Å². The molecule has 4 aromatic carbocycles. The number of nitrogens with one attached hydrogen (secondary N) is 6. The summed E-state index contributed by atoms with van der Waals surface area (Å²) in [6, 6.07) is 22.3. The average molecular weight is 1070 g/mol. The molecule has 22 heteroatoms. The molecule has 7 atom stereocenters. The number of fused-ring (bicyclic) bond motifs is 1. The van der Waals surface area contributed by atoms with E-state index in [1.165, 1.54) is 37.1 Å². The van der Waals surface area contributed by atoms with E-state index in [2.05, 4.69) is 41.9 Å². The third kappa shape index (κ3) is 17.5. The van der Waals surface area contributed by atoms with Gasteiger partial charge < -0.3 is 59.1 Å². The van der Waals surface area contributed by atoms with Crippen molar-refractivity contribution in [1.82, 2.24) is 41.8 Å². The van der Waals surface area contributed by atoms with Gasteiger partial charge in [-0.1, -0.05) is 84.4 Å². The van der Waals surface area contributed by atoms with Gasteiger partial charge in [0.15, 0.2) is 5.96 Å². The van der Waals surface area contributed by atoms with E-state index in [-0.39, 0.29) is 69.7 Å². The Labute approximate surface area is 450 Å². The van der Waals surface area contributed by atoms with E-state index in [1.807, 2.05) is 42.5 Å². The number of amides is 8. The van der Waals surface area contributed by atoms with Gasteiger partial charge in [-0.15, -0.1) is 0 Å². The predicted molar refractivity (Wildman–Crippen MR) is 289 cm³/mol. The molecule has 13 N–H and O–H groups in total. The SMILES string of the molecule is CC(=O)N[C@H](Cc1ccc2ccccc2c1)C(=O)N[C@H](Cc1ccc(Cl)cc1)C(=O)N[C@H](Cc1ccccn1)C(=O)N[C@H](Cc1ccc(O)cc1)C(=O)N[C@@H](CCCN=C(N)N)C(=O)N1CCC[C@H]1C(=O)N[C@H](C)C(N)=O. The number of carbonyl (C=O) groups is 8. The molecule has 21 nitrogen and oxygen atoms in total. The highest BCUT2D eigenvalue weighted by atomic mass is 35.5. The Bertz CT molecular complexity index is 2920. The van der Waals surface area contributed by atoms with Gasteiger partial charge >= 0.3 is 0 Å². The summed E-state index contributed by atoms with van der Waals surface area (Å²) in [6.45, 7) is 2.94. The molecule has 1 fully saturated rings. The standard InChI is InChI=1S/C55H65ClN12O9/c1-32(48(57)71)62-53(76)47-13-8-26-68(47)54(77)42(12-7-25-61-55(58)59)64-50(73)44(29-35-17-22-41(70)23-18-35)66-52(75)46(31-40-11-5-6-24-60-40)67-51(74)45(28-34-15-20-39(56)21-16-34)65-49(72)43(63-33(2)69)30-36-14-19-37-9-3-4-10-38(37)27-36/h3-6,9-11,14-24,27,32,42-47,70H,7-8,12-13,25-26,28-31H2,1-2H3,(H2,57,71)(H,62,76)(H,63,69)(H,64,73)(H,65,72)(H,66,75)(H,67,74)(H4,58,59,61)/t32-,42+,43-,44-,45-,46-,47+/m1/s1. The van der Waals surface area contributed by atoms with Crippen molar-refractivity contribution < 1.29 is 43.5 Å². The van der Waals surface area contributed by atoms with Gasteiger partial charge in [-0.25, -0.2) is 0 Å². The summed E-state index contributed by atoms with van der Waals surface area (Å²) in [6.07, 6.45) is 2.05. The lowest BCUT2D eigenvalue weighted by molar-refractivity contribution is -0.142. The first-order chi connectivity index (χ1) is 36.8. The van der Waals surface area contributed by atoms with Crippen molar-refractivity contribution in [3.05, 3.63) is 143 Å². The van der Waals surface area contributed by atoms with Crippen LogP contribution in [0.5, 0.6) is 5.75 Å². The number of benzene rings is 4. The second-order valence-corrected chi connectivity index (χ2v) is 19.3. The van der Waals surface area contributed by atoms with Gasteiger partial charge in [0.25, 0.3) is 0 Å². The zero-order valence-corrected chi connectivity index (χ0v) is 43.5.